The number of carbonyl (C=O) groups is 1. The van der Waals surface area contributed by atoms with Crippen LogP contribution in [0.15, 0.2) is 0 Å². The molecule has 0 unspecified atom stereocenters. The second-order valence-corrected chi connectivity index (χ2v) is 6.53. The van der Waals surface area contributed by atoms with Crippen molar-refractivity contribution in [3.05, 3.63) is 0 Å². The quantitative estimate of drug-likeness (QED) is 0.705. The van der Waals surface area contributed by atoms with Crippen LogP contribution in [-0.2, 0) is 4.79 Å². The molecule has 1 aliphatic carbocycles. The lowest BCUT2D eigenvalue weighted by Gasteiger charge is -2.43. The summed E-state index contributed by atoms with van der Waals surface area (Å²) < 4.78 is 0. The van der Waals surface area contributed by atoms with Gasteiger partial charge in [-0.05, 0) is 33.7 Å². The van der Waals surface area contributed by atoms with Crippen molar-refractivity contribution >= 4 is 5.91 Å². The Hall–Kier alpha value is -0.650. The van der Waals surface area contributed by atoms with Crippen LogP contribution in [-0.4, -0.2) is 73.6 Å². The summed E-state index contributed by atoms with van der Waals surface area (Å²) in [6, 6.07) is 0.594. The summed E-state index contributed by atoms with van der Waals surface area (Å²) >= 11 is 0. The highest BCUT2D eigenvalue weighted by Crippen LogP contribution is 2.18. The zero-order valence-electron chi connectivity index (χ0n) is 12.5. The predicted octanol–water partition coefficient (Wildman–Crippen LogP) is -0.119. The van der Waals surface area contributed by atoms with Crippen LogP contribution >= 0.6 is 0 Å². The predicted molar refractivity (Wildman–Crippen MR) is 77.2 cm³/mol. The monoisotopic (exact) mass is 268 g/mol. The van der Waals surface area contributed by atoms with Crippen LogP contribution in [0.5, 0.6) is 0 Å². The van der Waals surface area contributed by atoms with Gasteiger partial charge in [-0.15, -0.1) is 0 Å². The van der Waals surface area contributed by atoms with E-state index in [-0.39, 0.29) is 11.4 Å². The first kappa shape index (κ1) is 14.8. The van der Waals surface area contributed by atoms with Gasteiger partial charge in [-0.25, -0.2) is 0 Å². The summed E-state index contributed by atoms with van der Waals surface area (Å²) in [7, 11) is 2.16. The number of nitrogens with one attached hydrogen (secondary N) is 2. The van der Waals surface area contributed by atoms with Crippen molar-refractivity contribution in [2.45, 2.75) is 38.3 Å². The van der Waals surface area contributed by atoms with Crippen LogP contribution in [0, 0.1) is 0 Å². The molecular weight excluding hydrogens is 240 g/mol. The van der Waals surface area contributed by atoms with Gasteiger partial charge in [0.25, 0.3) is 0 Å². The highest BCUT2D eigenvalue weighted by molar-refractivity contribution is 5.78. The number of likely N-dealkylation sites (N-methyl/N-ethyl adjacent to an activating group) is 1. The number of nitrogens with zero attached hydrogens (tertiary/aromatic N) is 2. The van der Waals surface area contributed by atoms with Gasteiger partial charge in [0.05, 0.1) is 6.54 Å². The molecule has 110 valence electrons. The third-order valence-corrected chi connectivity index (χ3v) is 4.21. The standard InChI is InChI=1S/C14H28N4O/c1-14(2,18-8-6-17(3)7-9-18)11-16-13(19)10-15-12-4-5-12/h12,15H,4-11H2,1-3H3,(H,16,19). The summed E-state index contributed by atoms with van der Waals surface area (Å²) in [4.78, 5) is 16.6. The number of hydrogen-bond acceptors (Lipinski definition) is 4. The Balaban J connectivity index is 1.68. The van der Waals surface area contributed by atoms with E-state index in [9.17, 15) is 4.79 Å². The van der Waals surface area contributed by atoms with Gasteiger partial charge < -0.3 is 15.5 Å². The fourth-order valence-corrected chi connectivity index (χ4v) is 2.43. The molecular formula is C14H28N4O. The van der Waals surface area contributed by atoms with Crippen LogP contribution in [0.1, 0.15) is 26.7 Å². The molecule has 19 heavy (non-hydrogen) atoms. The molecule has 0 radical (unpaired) electrons. The van der Waals surface area contributed by atoms with Gasteiger partial charge in [-0.2, -0.15) is 0 Å². The lowest BCUT2D eigenvalue weighted by atomic mass is 10.0. The van der Waals surface area contributed by atoms with Crippen LogP contribution in [0.3, 0.4) is 0 Å². The van der Waals surface area contributed by atoms with E-state index in [1.807, 2.05) is 0 Å². The topological polar surface area (TPSA) is 47.6 Å². The fourth-order valence-electron chi connectivity index (χ4n) is 2.43. The van der Waals surface area contributed by atoms with E-state index in [0.717, 1.165) is 32.7 Å². The Labute approximate surface area is 116 Å². The Morgan fingerprint density at radius 2 is 1.84 bits per heavy atom. The SMILES string of the molecule is CN1CCN(C(C)(C)CNC(=O)CNC2CC2)CC1. The minimum Gasteiger partial charge on any atom is -0.353 e. The van der Waals surface area contributed by atoms with Crippen molar-refractivity contribution in [1.82, 2.24) is 20.4 Å². The van der Waals surface area contributed by atoms with E-state index in [1.54, 1.807) is 0 Å². The van der Waals surface area contributed by atoms with E-state index < -0.39 is 0 Å². The van der Waals surface area contributed by atoms with Crippen molar-refractivity contribution in [3.8, 4) is 0 Å². The Morgan fingerprint density at radius 3 is 2.42 bits per heavy atom. The average Bonchev–Trinajstić information content (AvgIpc) is 3.18. The Bertz CT molecular complexity index is 307. The summed E-state index contributed by atoms with van der Waals surface area (Å²) in [6.45, 7) is 10.0. The van der Waals surface area contributed by atoms with E-state index in [1.165, 1.54) is 12.8 Å². The third-order valence-electron chi connectivity index (χ3n) is 4.21. The maximum absolute atomic E-state index is 11.8. The number of hydrogen-bond donors (Lipinski definition) is 2. The van der Waals surface area contributed by atoms with E-state index in [4.69, 9.17) is 0 Å². The minimum atomic E-state index is 0.0382. The molecule has 1 saturated carbocycles. The minimum absolute atomic E-state index is 0.0382. The second-order valence-electron chi connectivity index (χ2n) is 6.53. The Kier molecular flexibility index (Phi) is 4.81. The molecule has 5 heteroatoms. The van der Waals surface area contributed by atoms with Crippen molar-refractivity contribution in [1.29, 1.82) is 0 Å². The van der Waals surface area contributed by atoms with Crippen LogP contribution in [0.25, 0.3) is 0 Å². The molecule has 0 aromatic carbocycles. The molecule has 2 aliphatic rings. The zero-order chi connectivity index (χ0) is 13.9. The number of amides is 1. The first-order valence-corrected chi connectivity index (χ1v) is 7.41. The van der Waals surface area contributed by atoms with Gasteiger partial charge >= 0.3 is 0 Å². The molecule has 1 saturated heterocycles. The van der Waals surface area contributed by atoms with Crippen LogP contribution in [0.4, 0.5) is 0 Å². The summed E-state index contributed by atoms with van der Waals surface area (Å²) in [5.74, 6) is 0.120. The number of rotatable bonds is 6. The molecule has 0 spiro atoms. The van der Waals surface area contributed by atoms with Gasteiger partial charge in [0.1, 0.15) is 0 Å². The van der Waals surface area contributed by atoms with Gasteiger partial charge in [-0.3, -0.25) is 9.69 Å². The second kappa shape index (κ2) is 6.20. The fraction of sp³-hybridized carbons (Fsp3) is 0.929. The van der Waals surface area contributed by atoms with Gasteiger partial charge in [0.2, 0.25) is 5.91 Å². The largest absolute Gasteiger partial charge is 0.353 e. The molecule has 0 bridgehead atoms. The molecule has 2 rings (SSSR count). The molecule has 0 aromatic rings. The maximum atomic E-state index is 11.8. The third kappa shape index (κ3) is 4.75. The summed E-state index contributed by atoms with van der Waals surface area (Å²) in [6.07, 6.45) is 2.44. The van der Waals surface area contributed by atoms with Crippen LogP contribution < -0.4 is 10.6 Å². The highest BCUT2D eigenvalue weighted by Gasteiger charge is 2.29. The number of carbonyl (C=O) groups excluding carboxylic acids is 1. The number of piperazine rings is 1. The van der Waals surface area contributed by atoms with E-state index in [0.29, 0.717) is 12.6 Å². The zero-order valence-corrected chi connectivity index (χ0v) is 12.5. The molecule has 5 nitrogen and oxygen atoms in total. The molecule has 2 fully saturated rings. The smallest absolute Gasteiger partial charge is 0.234 e. The first-order valence-electron chi connectivity index (χ1n) is 7.41. The molecule has 1 amide bonds. The molecule has 0 atom stereocenters. The highest BCUT2D eigenvalue weighted by atomic mass is 16.1. The summed E-state index contributed by atoms with van der Waals surface area (Å²) in [5.41, 5.74) is 0.0382. The average molecular weight is 268 g/mol. The maximum Gasteiger partial charge on any atom is 0.234 e. The summed E-state index contributed by atoms with van der Waals surface area (Å²) in [5, 5.41) is 6.30. The van der Waals surface area contributed by atoms with E-state index >= 15 is 0 Å². The van der Waals surface area contributed by atoms with Gasteiger partial charge in [0.15, 0.2) is 0 Å². The van der Waals surface area contributed by atoms with Crippen LogP contribution in [0.2, 0.25) is 0 Å². The van der Waals surface area contributed by atoms with Crippen molar-refractivity contribution < 1.29 is 4.79 Å². The molecule has 1 aliphatic heterocycles. The molecule has 2 N–H and O–H groups in total. The van der Waals surface area contributed by atoms with E-state index in [2.05, 4.69) is 41.3 Å². The lowest BCUT2D eigenvalue weighted by molar-refractivity contribution is -0.120. The van der Waals surface area contributed by atoms with Gasteiger partial charge in [0, 0.05) is 44.3 Å². The Morgan fingerprint density at radius 1 is 1.21 bits per heavy atom. The van der Waals surface area contributed by atoms with Crippen molar-refractivity contribution in [3.63, 3.8) is 0 Å². The van der Waals surface area contributed by atoms with Crippen molar-refractivity contribution in [2.75, 3.05) is 46.3 Å². The molecule has 0 aromatic heterocycles. The first-order chi connectivity index (χ1) is 8.97. The van der Waals surface area contributed by atoms with Gasteiger partial charge in [-0.1, -0.05) is 0 Å². The lowest BCUT2D eigenvalue weighted by Crippen LogP contribution is -2.58. The molecule has 1 heterocycles. The normalized spacial score (nSPS) is 22.5. The van der Waals surface area contributed by atoms with Crippen molar-refractivity contribution in [2.24, 2.45) is 0 Å².